The minimum atomic E-state index is -5.51. The predicted molar refractivity (Wildman–Crippen MR) is 95.3 cm³/mol. The van der Waals surface area contributed by atoms with E-state index in [2.05, 4.69) is 25.4 Å². The van der Waals surface area contributed by atoms with E-state index < -0.39 is 59.2 Å². The zero-order valence-corrected chi connectivity index (χ0v) is 17.4. The number of rotatable bonds is 8. The smallest absolute Gasteiger partial charge is 0.387 e. The van der Waals surface area contributed by atoms with E-state index in [1.54, 1.807) is 0 Å². The van der Waals surface area contributed by atoms with Crippen molar-refractivity contribution in [2.24, 2.45) is 0 Å². The van der Waals surface area contributed by atoms with Crippen LogP contribution >= 0.6 is 22.4 Å². The molecule has 29 heavy (non-hydrogen) atoms. The van der Waals surface area contributed by atoms with E-state index in [4.69, 9.17) is 24.8 Å². The second kappa shape index (κ2) is 8.86. The van der Waals surface area contributed by atoms with Crippen LogP contribution in [0, 0.1) is 0 Å². The number of anilines is 1. The van der Waals surface area contributed by atoms with Crippen LogP contribution in [0.1, 0.15) is 6.23 Å². The standard InChI is InChI=1S/C9H16N3O13P3S/c10-5-1-2-12(9(15)11-5)8-7(14)6(13)4(23-8)3-22-28(21,29)25-27(19,20)24-26(16,17)18/h1-2,4,6-8,13-14H,3H2,(H,19,20)(H,21,29)(H2,10,11,15)(H2,16,17,18)/t4-,6-,7-,8-,28?/m1/s1. The third-order valence-electron chi connectivity index (χ3n) is 3.28. The van der Waals surface area contributed by atoms with Crippen molar-refractivity contribution in [2.75, 3.05) is 12.3 Å². The van der Waals surface area contributed by atoms with Gasteiger partial charge < -0.3 is 44.8 Å². The average molecular weight is 499 g/mol. The maximum atomic E-state index is 11.8. The summed E-state index contributed by atoms with van der Waals surface area (Å²) in [6.07, 6.45) is -4.98. The first-order valence-corrected chi connectivity index (χ1v) is 12.9. The van der Waals surface area contributed by atoms with E-state index in [1.807, 2.05) is 0 Å². The fourth-order valence-electron chi connectivity index (χ4n) is 2.19. The summed E-state index contributed by atoms with van der Waals surface area (Å²) >= 11 is 4.42. The molecule has 1 aromatic rings. The van der Waals surface area contributed by atoms with Gasteiger partial charge in [-0.05, 0) is 17.9 Å². The van der Waals surface area contributed by atoms with Gasteiger partial charge in [-0.25, -0.2) is 18.2 Å². The quantitative estimate of drug-likeness (QED) is 0.189. The second-order valence-corrected chi connectivity index (χ2v) is 11.3. The van der Waals surface area contributed by atoms with Crippen LogP contribution in [0.5, 0.6) is 0 Å². The molecule has 6 atom stereocenters. The van der Waals surface area contributed by atoms with E-state index in [0.717, 1.165) is 10.8 Å². The predicted octanol–water partition coefficient (Wildman–Crippen LogP) is -2.10. The van der Waals surface area contributed by atoms with Crippen LogP contribution in [-0.2, 0) is 38.8 Å². The largest absolute Gasteiger partial charge is 0.488 e. The van der Waals surface area contributed by atoms with E-state index in [0.29, 0.717) is 0 Å². The van der Waals surface area contributed by atoms with Crippen LogP contribution in [0.4, 0.5) is 5.82 Å². The maximum Gasteiger partial charge on any atom is 0.488 e. The fourth-order valence-corrected chi connectivity index (χ4v) is 6.16. The molecular formula is C9H16N3O13P3S. The number of hydrogen-bond acceptors (Lipinski definition) is 12. The van der Waals surface area contributed by atoms with Gasteiger partial charge >= 0.3 is 28.1 Å². The van der Waals surface area contributed by atoms with Crippen LogP contribution in [0.3, 0.4) is 0 Å². The van der Waals surface area contributed by atoms with Crippen molar-refractivity contribution in [3.05, 3.63) is 22.7 Å². The van der Waals surface area contributed by atoms with Crippen LogP contribution in [0.25, 0.3) is 0 Å². The first kappa shape index (κ1) is 24.7. The van der Waals surface area contributed by atoms with Gasteiger partial charge in [0.2, 0.25) is 0 Å². The molecule has 0 amide bonds. The molecule has 0 aliphatic carbocycles. The van der Waals surface area contributed by atoms with Crippen LogP contribution in [-0.4, -0.2) is 64.3 Å². The summed E-state index contributed by atoms with van der Waals surface area (Å²) in [7, 11) is -11.0. The number of aliphatic hydroxyl groups excluding tert-OH is 2. The lowest BCUT2D eigenvalue weighted by atomic mass is 10.1. The van der Waals surface area contributed by atoms with Crippen molar-refractivity contribution in [1.29, 1.82) is 0 Å². The summed E-state index contributed by atoms with van der Waals surface area (Å²) in [4.78, 5) is 51.2. The highest BCUT2D eigenvalue weighted by atomic mass is 32.5. The van der Waals surface area contributed by atoms with E-state index in [1.165, 1.54) is 6.07 Å². The molecule has 1 aliphatic heterocycles. The average Bonchev–Trinajstić information content (AvgIpc) is 2.78. The molecule has 1 aliphatic rings. The van der Waals surface area contributed by atoms with Gasteiger partial charge in [0.15, 0.2) is 6.23 Å². The molecule has 0 saturated carbocycles. The second-order valence-electron chi connectivity index (χ2n) is 5.48. The highest BCUT2D eigenvalue weighted by molar-refractivity contribution is 8.08. The zero-order chi connectivity index (χ0) is 22.2. The van der Waals surface area contributed by atoms with Gasteiger partial charge in [0.1, 0.15) is 24.1 Å². The number of aliphatic hydroxyl groups is 2. The topological polar surface area (TPSA) is 253 Å². The van der Waals surface area contributed by atoms with E-state index >= 15 is 0 Å². The molecule has 16 nitrogen and oxygen atoms in total. The van der Waals surface area contributed by atoms with Gasteiger partial charge in [0.05, 0.1) is 6.61 Å². The Labute approximate surface area is 166 Å². The van der Waals surface area contributed by atoms with Crippen LogP contribution in [0.2, 0.25) is 0 Å². The lowest BCUT2D eigenvalue weighted by Crippen LogP contribution is -2.36. The number of nitrogens with zero attached hydrogens (tertiary/aromatic N) is 2. The van der Waals surface area contributed by atoms with Gasteiger partial charge in [0.25, 0.3) is 0 Å². The molecule has 0 aromatic carbocycles. The number of nitrogen functional groups attached to an aromatic ring is 1. The van der Waals surface area contributed by atoms with Gasteiger partial charge in [-0.3, -0.25) is 4.57 Å². The monoisotopic (exact) mass is 499 g/mol. The Hall–Kier alpha value is -0.610. The third kappa shape index (κ3) is 6.95. The van der Waals surface area contributed by atoms with Crippen molar-refractivity contribution in [1.82, 2.24) is 9.55 Å². The number of ether oxygens (including phenoxy) is 1. The molecule has 2 heterocycles. The molecule has 2 unspecified atom stereocenters. The number of nitrogens with two attached hydrogens (primary N) is 1. The van der Waals surface area contributed by atoms with E-state index in [-0.39, 0.29) is 5.82 Å². The molecule has 1 aromatic heterocycles. The molecular weight excluding hydrogens is 483 g/mol. The Kier molecular flexibility index (Phi) is 7.54. The molecule has 0 bridgehead atoms. The molecule has 20 heteroatoms. The maximum absolute atomic E-state index is 11.8. The van der Waals surface area contributed by atoms with Gasteiger partial charge in [0, 0.05) is 6.20 Å². The summed E-state index contributed by atoms with van der Waals surface area (Å²) in [5.41, 5.74) is 4.46. The van der Waals surface area contributed by atoms with Crippen molar-refractivity contribution >= 4 is 40.0 Å². The highest BCUT2D eigenvalue weighted by Gasteiger charge is 2.45. The number of phosphoric acid groups is 2. The van der Waals surface area contributed by atoms with Gasteiger partial charge in [-0.15, -0.1) is 0 Å². The molecule has 166 valence electrons. The molecule has 2 rings (SSSR count). The van der Waals surface area contributed by atoms with E-state index in [9.17, 15) is 33.9 Å². The summed E-state index contributed by atoms with van der Waals surface area (Å²) in [6, 6.07) is 1.23. The molecule has 1 fully saturated rings. The zero-order valence-electron chi connectivity index (χ0n) is 13.9. The summed E-state index contributed by atoms with van der Waals surface area (Å²) in [6.45, 7) is -5.43. The summed E-state index contributed by atoms with van der Waals surface area (Å²) in [5.74, 6) is -0.0942. The number of hydrogen-bond donors (Lipinski definition) is 7. The van der Waals surface area contributed by atoms with Gasteiger partial charge in [-0.1, -0.05) is 0 Å². The summed E-state index contributed by atoms with van der Waals surface area (Å²) < 4.78 is 40.3. The first-order chi connectivity index (χ1) is 13.1. The first-order valence-electron chi connectivity index (χ1n) is 7.25. The van der Waals surface area contributed by atoms with Crippen molar-refractivity contribution in [2.45, 2.75) is 24.5 Å². The van der Waals surface area contributed by atoms with Crippen molar-refractivity contribution < 1.29 is 56.8 Å². The Balaban J connectivity index is 2.05. The van der Waals surface area contributed by atoms with Crippen LogP contribution < -0.4 is 11.4 Å². The van der Waals surface area contributed by atoms with Crippen molar-refractivity contribution in [3.8, 4) is 0 Å². The molecule has 1 saturated heterocycles. The Bertz CT molecular complexity index is 951. The molecule has 0 radical (unpaired) electrons. The lowest BCUT2D eigenvalue weighted by Gasteiger charge is -2.21. The minimum absolute atomic E-state index is 0.0942. The Morgan fingerprint density at radius 2 is 1.83 bits per heavy atom. The Morgan fingerprint density at radius 3 is 2.38 bits per heavy atom. The molecule has 8 N–H and O–H groups in total. The minimum Gasteiger partial charge on any atom is -0.387 e. The van der Waals surface area contributed by atoms with Gasteiger partial charge in [-0.2, -0.15) is 9.29 Å². The third-order valence-corrected chi connectivity index (χ3v) is 8.00. The fraction of sp³-hybridized carbons (Fsp3) is 0.556. The summed E-state index contributed by atoms with van der Waals surface area (Å²) in [5, 5.41) is 20.1. The molecule has 0 spiro atoms. The lowest BCUT2D eigenvalue weighted by molar-refractivity contribution is -0.0526. The van der Waals surface area contributed by atoms with Crippen LogP contribution in [0.15, 0.2) is 17.1 Å². The SMILES string of the molecule is Nc1ccn([C@@H]2O[C@H](COP(O)(=S)OP(=O)(O)OP(=O)(O)O)[C@@H](O)[C@H]2O)c(=O)n1. The Morgan fingerprint density at radius 1 is 1.21 bits per heavy atom. The normalized spacial score (nSPS) is 29.3. The number of aromatic nitrogens is 2. The van der Waals surface area contributed by atoms with Crippen molar-refractivity contribution in [3.63, 3.8) is 0 Å². The highest BCUT2D eigenvalue weighted by Crippen LogP contribution is 2.66.